The van der Waals surface area contributed by atoms with E-state index in [9.17, 15) is 9.18 Å². The Morgan fingerprint density at radius 3 is 2.47 bits per heavy atom. The molecule has 1 aromatic rings. The van der Waals surface area contributed by atoms with Crippen LogP contribution >= 0.6 is 12.4 Å². The first-order chi connectivity index (χ1) is 8.59. The Kier molecular flexibility index (Phi) is 5.76. The minimum atomic E-state index is -0.442. The number of benzene rings is 1. The molecular formula is C14H20ClFN2O. The van der Waals surface area contributed by atoms with Crippen LogP contribution in [0.15, 0.2) is 24.3 Å². The van der Waals surface area contributed by atoms with Gasteiger partial charge in [-0.1, -0.05) is 12.1 Å². The molecule has 1 aliphatic rings. The van der Waals surface area contributed by atoms with Crippen molar-refractivity contribution < 1.29 is 9.18 Å². The molecule has 0 saturated carbocycles. The van der Waals surface area contributed by atoms with Crippen LogP contribution < -0.4 is 0 Å². The number of nitrogens with zero attached hydrogens (tertiary/aromatic N) is 2. The van der Waals surface area contributed by atoms with Crippen LogP contribution in [-0.2, 0) is 0 Å². The summed E-state index contributed by atoms with van der Waals surface area (Å²) in [7, 11) is 3.85. The lowest BCUT2D eigenvalue weighted by molar-refractivity contribution is 0.0655. The van der Waals surface area contributed by atoms with E-state index in [1.807, 2.05) is 0 Å². The molecule has 1 amide bonds. The number of carbonyl (C=O) groups is 1. The predicted molar refractivity (Wildman–Crippen MR) is 76.3 cm³/mol. The highest BCUT2D eigenvalue weighted by atomic mass is 35.5. The molecule has 1 saturated heterocycles. The zero-order valence-corrected chi connectivity index (χ0v) is 12.1. The van der Waals surface area contributed by atoms with E-state index in [2.05, 4.69) is 11.9 Å². The van der Waals surface area contributed by atoms with Gasteiger partial charge in [0.15, 0.2) is 0 Å². The monoisotopic (exact) mass is 286 g/mol. The number of likely N-dealkylation sites (tertiary alicyclic amines) is 1. The molecule has 0 unspecified atom stereocenters. The maximum absolute atomic E-state index is 13.6. The number of halogens is 2. The van der Waals surface area contributed by atoms with Gasteiger partial charge in [-0.05, 0) is 45.1 Å². The molecule has 0 spiro atoms. The topological polar surface area (TPSA) is 23.6 Å². The quantitative estimate of drug-likeness (QED) is 0.834. The molecule has 106 valence electrons. The van der Waals surface area contributed by atoms with E-state index in [0.717, 1.165) is 25.9 Å². The molecule has 2 rings (SSSR count). The highest BCUT2D eigenvalue weighted by molar-refractivity contribution is 5.94. The lowest BCUT2D eigenvalue weighted by Gasteiger charge is -2.35. The number of piperidine rings is 1. The molecule has 0 bridgehead atoms. The van der Waals surface area contributed by atoms with Gasteiger partial charge in [-0.2, -0.15) is 0 Å². The summed E-state index contributed by atoms with van der Waals surface area (Å²) in [6, 6.07) is 6.38. The van der Waals surface area contributed by atoms with E-state index >= 15 is 0 Å². The van der Waals surface area contributed by atoms with E-state index < -0.39 is 5.82 Å². The summed E-state index contributed by atoms with van der Waals surface area (Å²) in [5, 5.41) is 0. The van der Waals surface area contributed by atoms with E-state index in [1.165, 1.54) is 6.07 Å². The second-order valence-corrected chi connectivity index (χ2v) is 4.93. The Bertz CT molecular complexity index is 433. The molecular weight excluding hydrogens is 267 g/mol. The normalized spacial score (nSPS) is 16.8. The largest absolute Gasteiger partial charge is 0.339 e. The minimum absolute atomic E-state index is 0. The van der Waals surface area contributed by atoms with Gasteiger partial charge in [0, 0.05) is 13.1 Å². The fourth-order valence-electron chi connectivity index (χ4n) is 2.37. The molecule has 0 radical (unpaired) electrons. The Balaban J connectivity index is 0.00000180. The summed E-state index contributed by atoms with van der Waals surface area (Å²) < 4.78 is 13.6. The van der Waals surface area contributed by atoms with Gasteiger partial charge < -0.3 is 9.80 Å². The van der Waals surface area contributed by atoms with Crippen molar-refractivity contribution in [1.29, 1.82) is 0 Å². The molecule has 1 fully saturated rings. The Morgan fingerprint density at radius 1 is 1.32 bits per heavy atom. The maximum Gasteiger partial charge on any atom is 0.256 e. The lowest BCUT2D eigenvalue weighted by atomic mass is 10.0. The van der Waals surface area contributed by atoms with Crippen molar-refractivity contribution in [2.75, 3.05) is 27.2 Å². The Hall–Kier alpha value is -1.13. The first kappa shape index (κ1) is 15.9. The van der Waals surface area contributed by atoms with Crippen molar-refractivity contribution in [3.8, 4) is 0 Å². The molecule has 3 nitrogen and oxygen atoms in total. The van der Waals surface area contributed by atoms with Crippen LogP contribution in [0.4, 0.5) is 4.39 Å². The number of carbonyl (C=O) groups excluding carboxylic acids is 1. The Labute approximate surface area is 119 Å². The molecule has 0 atom stereocenters. The van der Waals surface area contributed by atoms with Gasteiger partial charge in [0.25, 0.3) is 5.91 Å². The van der Waals surface area contributed by atoms with Gasteiger partial charge in [0.05, 0.1) is 5.56 Å². The number of hydrogen-bond acceptors (Lipinski definition) is 2. The standard InChI is InChI=1S/C14H19FN2O.ClH/c1-16-9-7-11(8-10-16)17(2)14(18)12-5-3-4-6-13(12)15;/h3-6,11H,7-10H2,1-2H3;1H. The zero-order valence-electron chi connectivity index (χ0n) is 11.3. The van der Waals surface area contributed by atoms with Gasteiger partial charge in [-0.25, -0.2) is 4.39 Å². The number of amides is 1. The van der Waals surface area contributed by atoms with Crippen LogP contribution in [-0.4, -0.2) is 48.9 Å². The summed E-state index contributed by atoms with van der Waals surface area (Å²) in [6.07, 6.45) is 1.90. The van der Waals surface area contributed by atoms with Gasteiger partial charge in [-0.15, -0.1) is 12.4 Å². The second kappa shape index (κ2) is 6.87. The van der Waals surface area contributed by atoms with Gasteiger partial charge in [0.1, 0.15) is 5.82 Å². The predicted octanol–water partition coefficient (Wildman–Crippen LogP) is 2.41. The van der Waals surface area contributed by atoms with Crippen LogP contribution in [0.5, 0.6) is 0 Å². The summed E-state index contributed by atoms with van der Waals surface area (Å²) >= 11 is 0. The average molecular weight is 287 g/mol. The van der Waals surface area contributed by atoms with Crippen molar-refractivity contribution in [3.05, 3.63) is 35.6 Å². The van der Waals surface area contributed by atoms with Crippen molar-refractivity contribution in [2.24, 2.45) is 0 Å². The van der Waals surface area contributed by atoms with Crippen molar-refractivity contribution >= 4 is 18.3 Å². The molecule has 1 heterocycles. The summed E-state index contributed by atoms with van der Waals surface area (Å²) in [5.41, 5.74) is 0.166. The lowest BCUT2D eigenvalue weighted by Crippen LogP contribution is -2.44. The molecule has 1 aliphatic heterocycles. The minimum Gasteiger partial charge on any atom is -0.339 e. The maximum atomic E-state index is 13.6. The zero-order chi connectivity index (χ0) is 13.1. The van der Waals surface area contributed by atoms with Gasteiger partial charge in [0.2, 0.25) is 0 Å². The number of hydrogen-bond donors (Lipinski definition) is 0. The second-order valence-electron chi connectivity index (χ2n) is 4.93. The number of rotatable bonds is 2. The van der Waals surface area contributed by atoms with Gasteiger partial charge in [-0.3, -0.25) is 4.79 Å². The fraction of sp³-hybridized carbons (Fsp3) is 0.500. The van der Waals surface area contributed by atoms with Crippen molar-refractivity contribution in [1.82, 2.24) is 9.80 Å². The van der Waals surface area contributed by atoms with Crippen LogP contribution in [0.3, 0.4) is 0 Å². The molecule has 5 heteroatoms. The smallest absolute Gasteiger partial charge is 0.256 e. The highest BCUT2D eigenvalue weighted by Crippen LogP contribution is 2.17. The Morgan fingerprint density at radius 2 is 1.89 bits per heavy atom. The van der Waals surface area contributed by atoms with E-state index in [4.69, 9.17) is 0 Å². The van der Waals surface area contributed by atoms with Crippen LogP contribution in [0.25, 0.3) is 0 Å². The third kappa shape index (κ3) is 3.67. The van der Waals surface area contributed by atoms with Crippen molar-refractivity contribution in [2.45, 2.75) is 18.9 Å². The first-order valence-corrected chi connectivity index (χ1v) is 6.30. The SMILES string of the molecule is CN1CCC(N(C)C(=O)c2ccccc2F)CC1.Cl. The van der Waals surface area contributed by atoms with Gasteiger partial charge >= 0.3 is 0 Å². The summed E-state index contributed by atoms with van der Waals surface area (Å²) in [5.74, 6) is -0.662. The van der Waals surface area contributed by atoms with Crippen LogP contribution in [0, 0.1) is 5.82 Å². The highest BCUT2D eigenvalue weighted by Gasteiger charge is 2.25. The van der Waals surface area contributed by atoms with E-state index in [-0.39, 0.29) is 29.9 Å². The summed E-state index contributed by atoms with van der Waals surface area (Å²) in [4.78, 5) is 16.2. The van der Waals surface area contributed by atoms with E-state index in [1.54, 1.807) is 30.1 Å². The van der Waals surface area contributed by atoms with Crippen LogP contribution in [0.1, 0.15) is 23.2 Å². The third-order valence-electron chi connectivity index (χ3n) is 3.66. The first-order valence-electron chi connectivity index (χ1n) is 6.30. The van der Waals surface area contributed by atoms with E-state index in [0.29, 0.717) is 0 Å². The molecule has 0 aliphatic carbocycles. The molecule has 0 aromatic heterocycles. The van der Waals surface area contributed by atoms with Crippen LogP contribution in [0.2, 0.25) is 0 Å². The average Bonchev–Trinajstić information content (AvgIpc) is 2.38. The fourth-order valence-corrected chi connectivity index (χ4v) is 2.37. The van der Waals surface area contributed by atoms with Crippen molar-refractivity contribution in [3.63, 3.8) is 0 Å². The molecule has 19 heavy (non-hydrogen) atoms. The summed E-state index contributed by atoms with van der Waals surface area (Å²) in [6.45, 7) is 1.97. The molecule has 1 aromatic carbocycles. The molecule has 0 N–H and O–H groups in total. The third-order valence-corrected chi connectivity index (χ3v) is 3.66.